The van der Waals surface area contributed by atoms with Gasteiger partial charge in [-0.1, -0.05) is 19.6 Å². The fraction of sp³-hybridized carbons (Fsp3) is 0.259. The van der Waals surface area contributed by atoms with E-state index >= 15 is 43.9 Å². The smallest absolute Gasteiger partial charge is 0.402 e. The second kappa shape index (κ2) is 12.4. The van der Waals surface area contributed by atoms with Crippen LogP contribution in [0.25, 0.3) is 0 Å². The second-order valence-electron chi connectivity index (χ2n) is 11.8. The zero-order chi connectivity index (χ0) is 39.4. The molecule has 0 spiro atoms. The number of allylic oxidation sites excluding steroid dienone is 1. The molecule has 0 heterocycles. The van der Waals surface area contributed by atoms with Crippen molar-refractivity contribution in [3.05, 3.63) is 116 Å². The minimum absolute atomic E-state index is 0.497. The standard InChI is InChI=1S/C27H12BF19O3Si/c1-51(2,3)24-22(44)23(45)26(50-28(48)49,5-9(31)15(37)20(42)16(38)10(5)32)27(47,6-11(33)17(39)21(43)18(40)12(6)34)25(24,46)4-7(29)13(35)19(41)14(36)8(4)30/h24,48-49H,1-3H3. The third kappa shape index (κ3) is 4.95. The van der Waals surface area contributed by atoms with Crippen molar-refractivity contribution < 1.29 is 98.1 Å². The van der Waals surface area contributed by atoms with Gasteiger partial charge in [0.1, 0.15) is 5.83 Å². The van der Waals surface area contributed by atoms with Crippen molar-refractivity contribution in [2.45, 2.75) is 42.1 Å². The lowest BCUT2D eigenvalue weighted by Gasteiger charge is -2.58. The molecule has 0 aliphatic heterocycles. The predicted octanol–water partition coefficient (Wildman–Crippen LogP) is 8.56. The van der Waals surface area contributed by atoms with Crippen LogP contribution < -0.4 is 0 Å². The molecule has 24 heteroatoms. The lowest BCUT2D eigenvalue weighted by atomic mass is 9.58. The Labute approximate surface area is 271 Å². The summed E-state index contributed by atoms with van der Waals surface area (Å²) < 4.78 is 298. The highest BCUT2D eigenvalue weighted by atomic mass is 28.3. The maximum absolute atomic E-state index is 18.6. The highest BCUT2D eigenvalue weighted by Gasteiger charge is 2.82. The molecule has 4 unspecified atom stereocenters. The van der Waals surface area contributed by atoms with Crippen molar-refractivity contribution in [2.75, 3.05) is 0 Å². The van der Waals surface area contributed by atoms with E-state index < -0.39 is 153 Å². The van der Waals surface area contributed by atoms with E-state index in [1.807, 2.05) is 0 Å². The maximum atomic E-state index is 18.6. The lowest BCUT2D eigenvalue weighted by molar-refractivity contribution is -0.205. The zero-order valence-corrected chi connectivity index (χ0v) is 25.6. The van der Waals surface area contributed by atoms with Crippen LogP contribution in [0, 0.1) is 87.3 Å². The van der Waals surface area contributed by atoms with E-state index in [-0.39, 0.29) is 0 Å². The molecule has 51 heavy (non-hydrogen) atoms. The van der Waals surface area contributed by atoms with Crippen LogP contribution in [-0.4, -0.2) is 25.4 Å². The van der Waals surface area contributed by atoms with Gasteiger partial charge in [-0.25, -0.2) is 83.4 Å². The molecule has 0 amide bonds. The first-order valence-corrected chi connectivity index (χ1v) is 16.7. The van der Waals surface area contributed by atoms with Crippen LogP contribution in [0.3, 0.4) is 0 Å². The summed E-state index contributed by atoms with van der Waals surface area (Å²) in [5.41, 5.74) is -34.6. The molecule has 0 aromatic heterocycles. The topological polar surface area (TPSA) is 49.7 Å². The second-order valence-corrected chi connectivity index (χ2v) is 17.1. The van der Waals surface area contributed by atoms with Crippen molar-refractivity contribution in [3.8, 4) is 0 Å². The Hall–Kier alpha value is -3.77. The molecule has 3 aromatic rings. The summed E-state index contributed by atoms with van der Waals surface area (Å²) in [6, 6.07) is 0. The first kappa shape index (κ1) is 40.0. The number of rotatable bonds is 6. The third-order valence-corrected chi connectivity index (χ3v) is 10.4. The molecule has 1 aliphatic rings. The zero-order valence-electron chi connectivity index (χ0n) is 24.6. The number of halogens is 19. The number of benzene rings is 3. The molecule has 0 fully saturated rings. The van der Waals surface area contributed by atoms with Crippen LogP contribution in [0.4, 0.5) is 83.4 Å². The Balaban J connectivity index is 2.65. The first-order chi connectivity index (χ1) is 23.1. The Morgan fingerprint density at radius 3 is 1.04 bits per heavy atom. The van der Waals surface area contributed by atoms with Crippen molar-refractivity contribution in [1.29, 1.82) is 0 Å². The largest absolute Gasteiger partial charge is 0.635 e. The van der Waals surface area contributed by atoms with Crippen molar-refractivity contribution in [1.82, 2.24) is 0 Å². The van der Waals surface area contributed by atoms with Crippen molar-refractivity contribution in [2.24, 2.45) is 0 Å². The van der Waals surface area contributed by atoms with E-state index in [1.54, 1.807) is 0 Å². The molecular weight excluding hydrogens is 772 g/mol. The molecule has 278 valence electrons. The number of hydrogen-bond donors (Lipinski definition) is 2. The molecule has 0 bridgehead atoms. The van der Waals surface area contributed by atoms with E-state index in [9.17, 15) is 49.6 Å². The number of alkyl halides is 2. The summed E-state index contributed by atoms with van der Waals surface area (Å²) in [6.07, 6.45) is 0. The van der Waals surface area contributed by atoms with Gasteiger partial charge in [-0.3, -0.25) is 0 Å². The lowest BCUT2D eigenvalue weighted by Crippen LogP contribution is -2.68. The molecule has 1 aliphatic carbocycles. The van der Waals surface area contributed by atoms with Gasteiger partial charge in [0.15, 0.2) is 86.9 Å². The fourth-order valence-corrected chi connectivity index (χ4v) is 8.53. The highest BCUT2D eigenvalue weighted by Crippen LogP contribution is 2.73. The number of hydrogen-bond acceptors (Lipinski definition) is 3. The van der Waals surface area contributed by atoms with Crippen LogP contribution in [0.15, 0.2) is 11.7 Å². The predicted molar refractivity (Wildman–Crippen MR) is 134 cm³/mol. The SMILES string of the molecule is C[Si](C)(C)C1C(F)=C(F)C(OB(O)O)(c2c(F)c(F)c(F)c(F)c2F)C(F)(c2c(F)c(F)c(F)c(F)c2F)C1(F)c1c(F)c(F)c(F)c(F)c1F. The van der Waals surface area contributed by atoms with Gasteiger partial charge in [-0.2, -0.15) is 0 Å². The Morgan fingerprint density at radius 2 is 0.745 bits per heavy atom. The molecule has 0 saturated heterocycles. The van der Waals surface area contributed by atoms with Crippen LogP contribution in [0.1, 0.15) is 16.7 Å². The Morgan fingerprint density at radius 1 is 0.471 bits per heavy atom. The molecule has 3 aromatic carbocycles. The molecule has 4 rings (SSSR count). The van der Waals surface area contributed by atoms with Gasteiger partial charge >= 0.3 is 7.32 Å². The van der Waals surface area contributed by atoms with Gasteiger partial charge in [0.05, 0.1) is 24.8 Å². The van der Waals surface area contributed by atoms with Crippen LogP contribution in [-0.2, 0) is 21.6 Å². The van der Waals surface area contributed by atoms with Gasteiger partial charge < -0.3 is 14.7 Å². The highest BCUT2D eigenvalue weighted by molar-refractivity contribution is 6.78. The first-order valence-electron chi connectivity index (χ1n) is 13.2. The van der Waals surface area contributed by atoms with Crippen LogP contribution >= 0.6 is 0 Å². The quantitative estimate of drug-likeness (QED) is 0.114. The summed E-state index contributed by atoms with van der Waals surface area (Å²) in [5.74, 6) is -60.4. The molecule has 4 atom stereocenters. The van der Waals surface area contributed by atoms with Gasteiger partial charge in [-0.15, -0.1) is 0 Å². The van der Waals surface area contributed by atoms with E-state index in [0.29, 0.717) is 19.6 Å². The summed E-state index contributed by atoms with van der Waals surface area (Å²) in [7, 11) is -9.26. The van der Waals surface area contributed by atoms with E-state index in [1.165, 1.54) is 0 Å². The van der Waals surface area contributed by atoms with E-state index in [4.69, 9.17) is 0 Å². The monoisotopic (exact) mass is 784 g/mol. The van der Waals surface area contributed by atoms with Gasteiger partial charge in [0.25, 0.3) is 0 Å². The minimum atomic E-state index is -6.88. The fourth-order valence-electron chi connectivity index (χ4n) is 6.10. The van der Waals surface area contributed by atoms with Gasteiger partial charge in [-0.05, 0) is 0 Å². The summed E-state index contributed by atoms with van der Waals surface area (Å²) >= 11 is 0. The average molecular weight is 784 g/mol. The van der Waals surface area contributed by atoms with Gasteiger partial charge in [0, 0.05) is 5.54 Å². The van der Waals surface area contributed by atoms with E-state index in [0.717, 1.165) is 0 Å². The summed E-state index contributed by atoms with van der Waals surface area (Å²) in [5, 5.41) is 19.2. The maximum Gasteiger partial charge on any atom is 0.635 e. The van der Waals surface area contributed by atoms with Crippen LogP contribution in [0.2, 0.25) is 25.2 Å². The Kier molecular flexibility index (Phi) is 9.75. The minimum Gasteiger partial charge on any atom is -0.402 e. The van der Waals surface area contributed by atoms with E-state index in [2.05, 4.69) is 4.65 Å². The summed E-state index contributed by atoms with van der Waals surface area (Å²) in [6.45, 7) is 1.49. The molecule has 0 saturated carbocycles. The molecular formula is C27H12BF19O3Si. The third-order valence-electron chi connectivity index (χ3n) is 7.99. The molecule has 2 N–H and O–H groups in total. The van der Waals surface area contributed by atoms with Crippen molar-refractivity contribution in [3.63, 3.8) is 0 Å². The molecule has 0 radical (unpaired) electrons. The normalized spacial score (nSPS) is 24.1. The molecule has 3 nitrogen and oxygen atoms in total. The average Bonchev–Trinajstić information content (AvgIpc) is 3.03. The van der Waals surface area contributed by atoms with Gasteiger partial charge in [0.2, 0.25) is 23.1 Å². The Bertz CT molecular complexity index is 1950. The summed E-state index contributed by atoms with van der Waals surface area (Å²) in [4.78, 5) is 0. The van der Waals surface area contributed by atoms with Crippen LogP contribution in [0.5, 0.6) is 0 Å². The van der Waals surface area contributed by atoms with Crippen molar-refractivity contribution >= 4 is 15.4 Å².